The van der Waals surface area contributed by atoms with Crippen LogP contribution in [0.4, 0.5) is 5.69 Å². The summed E-state index contributed by atoms with van der Waals surface area (Å²) in [5.74, 6) is 0.0207. The van der Waals surface area contributed by atoms with Crippen molar-refractivity contribution in [2.24, 2.45) is 5.41 Å². The van der Waals surface area contributed by atoms with Crippen LogP contribution in [0.25, 0.3) is 0 Å². The molecule has 0 radical (unpaired) electrons. The minimum Gasteiger partial charge on any atom is -0.384 e. The summed E-state index contributed by atoms with van der Waals surface area (Å²) in [6, 6.07) is 6.09. The lowest BCUT2D eigenvalue weighted by Gasteiger charge is -2.51. The third-order valence-electron chi connectivity index (χ3n) is 4.84. The standard InChI is InChI=1S/C16H22N2O2/c1-16(2)13(9-14(16)20-3)18-15(19)11-4-5-12-10(8-11)6-7-17-12/h4-5,8,13-14,17H,6-7,9H2,1-3H3,(H,18,19)/t13-,14-/m1/s1. The Morgan fingerprint density at radius 1 is 1.45 bits per heavy atom. The number of ether oxygens (including phenoxy) is 1. The van der Waals surface area contributed by atoms with E-state index in [0.717, 1.165) is 30.6 Å². The summed E-state index contributed by atoms with van der Waals surface area (Å²) in [6.07, 6.45) is 2.12. The van der Waals surface area contributed by atoms with E-state index in [-0.39, 0.29) is 23.5 Å². The fourth-order valence-corrected chi connectivity index (χ4v) is 3.22. The van der Waals surface area contributed by atoms with Crippen molar-refractivity contribution >= 4 is 11.6 Å². The van der Waals surface area contributed by atoms with Gasteiger partial charge in [-0.15, -0.1) is 0 Å². The first-order valence-electron chi connectivity index (χ1n) is 7.23. The van der Waals surface area contributed by atoms with Crippen LogP contribution in [0.15, 0.2) is 18.2 Å². The van der Waals surface area contributed by atoms with Crippen molar-refractivity contribution in [3.8, 4) is 0 Å². The molecule has 1 aliphatic carbocycles. The Morgan fingerprint density at radius 2 is 2.25 bits per heavy atom. The van der Waals surface area contributed by atoms with Gasteiger partial charge >= 0.3 is 0 Å². The molecule has 1 amide bonds. The summed E-state index contributed by atoms with van der Waals surface area (Å²) in [5.41, 5.74) is 3.15. The van der Waals surface area contributed by atoms with Crippen LogP contribution in [0, 0.1) is 5.41 Å². The lowest BCUT2D eigenvalue weighted by molar-refractivity contribution is -0.0942. The van der Waals surface area contributed by atoms with Crippen LogP contribution in [-0.4, -0.2) is 31.7 Å². The molecule has 2 N–H and O–H groups in total. The average Bonchev–Trinajstić information content (AvgIpc) is 2.89. The van der Waals surface area contributed by atoms with Gasteiger partial charge in [0.05, 0.1) is 6.10 Å². The maximum atomic E-state index is 12.4. The molecule has 20 heavy (non-hydrogen) atoms. The van der Waals surface area contributed by atoms with Gasteiger partial charge in [0.25, 0.3) is 5.91 Å². The Kier molecular flexibility index (Phi) is 3.21. The molecule has 1 saturated carbocycles. The number of rotatable bonds is 3. The van der Waals surface area contributed by atoms with Crippen molar-refractivity contribution in [3.63, 3.8) is 0 Å². The number of hydrogen-bond acceptors (Lipinski definition) is 3. The lowest BCUT2D eigenvalue weighted by Crippen LogP contribution is -2.61. The van der Waals surface area contributed by atoms with Crippen LogP contribution in [0.1, 0.15) is 36.2 Å². The van der Waals surface area contributed by atoms with Gasteiger partial charge in [-0.2, -0.15) is 0 Å². The Hall–Kier alpha value is -1.55. The topological polar surface area (TPSA) is 50.4 Å². The van der Waals surface area contributed by atoms with Crippen LogP contribution in [0.2, 0.25) is 0 Å². The van der Waals surface area contributed by atoms with Gasteiger partial charge in [-0.3, -0.25) is 4.79 Å². The van der Waals surface area contributed by atoms with E-state index in [4.69, 9.17) is 4.74 Å². The third-order valence-corrected chi connectivity index (χ3v) is 4.84. The molecular weight excluding hydrogens is 252 g/mol. The summed E-state index contributed by atoms with van der Waals surface area (Å²) in [4.78, 5) is 12.4. The van der Waals surface area contributed by atoms with E-state index in [9.17, 15) is 4.79 Å². The van der Waals surface area contributed by atoms with E-state index >= 15 is 0 Å². The molecule has 108 valence electrons. The van der Waals surface area contributed by atoms with E-state index in [1.54, 1.807) is 7.11 Å². The molecule has 1 aromatic carbocycles. The monoisotopic (exact) mass is 274 g/mol. The Bertz CT molecular complexity index is 539. The van der Waals surface area contributed by atoms with E-state index < -0.39 is 0 Å². The van der Waals surface area contributed by atoms with Crippen molar-refractivity contribution < 1.29 is 9.53 Å². The molecule has 0 bridgehead atoms. The molecule has 2 atom stereocenters. The minimum atomic E-state index is 0.00267. The normalized spacial score (nSPS) is 26.4. The van der Waals surface area contributed by atoms with Gasteiger partial charge in [-0.1, -0.05) is 13.8 Å². The molecule has 1 heterocycles. The zero-order valence-corrected chi connectivity index (χ0v) is 12.3. The van der Waals surface area contributed by atoms with Gasteiger partial charge in [-0.05, 0) is 36.6 Å². The Balaban J connectivity index is 1.69. The highest BCUT2D eigenvalue weighted by molar-refractivity contribution is 5.95. The highest BCUT2D eigenvalue weighted by atomic mass is 16.5. The summed E-state index contributed by atoms with van der Waals surface area (Å²) < 4.78 is 5.42. The molecule has 2 aliphatic rings. The van der Waals surface area contributed by atoms with Gasteiger partial charge in [0.15, 0.2) is 0 Å². The number of fused-ring (bicyclic) bond motifs is 1. The zero-order chi connectivity index (χ0) is 14.3. The van der Waals surface area contributed by atoms with Crippen molar-refractivity contribution in [3.05, 3.63) is 29.3 Å². The van der Waals surface area contributed by atoms with Crippen LogP contribution in [0.3, 0.4) is 0 Å². The molecule has 1 aromatic rings. The van der Waals surface area contributed by atoms with E-state index in [0.29, 0.717) is 0 Å². The lowest BCUT2D eigenvalue weighted by atomic mass is 9.64. The summed E-state index contributed by atoms with van der Waals surface area (Å²) in [6.45, 7) is 5.25. The molecule has 0 spiro atoms. The van der Waals surface area contributed by atoms with Gasteiger partial charge in [-0.25, -0.2) is 0 Å². The molecule has 1 aliphatic heterocycles. The number of nitrogens with one attached hydrogen (secondary N) is 2. The summed E-state index contributed by atoms with van der Waals surface area (Å²) in [7, 11) is 1.73. The van der Waals surface area contributed by atoms with Crippen LogP contribution >= 0.6 is 0 Å². The number of carbonyl (C=O) groups excluding carboxylic acids is 1. The molecular formula is C16H22N2O2. The number of methoxy groups -OCH3 is 1. The molecule has 0 saturated heterocycles. The quantitative estimate of drug-likeness (QED) is 0.888. The van der Waals surface area contributed by atoms with E-state index in [2.05, 4.69) is 24.5 Å². The largest absolute Gasteiger partial charge is 0.384 e. The number of benzene rings is 1. The molecule has 0 aromatic heterocycles. The van der Waals surface area contributed by atoms with E-state index in [1.807, 2.05) is 18.2 Å². The van der Waals surface area contributed by atoms with Gasteiger partial charge < -0.3 is 15.4 Å². The van der Waals surface area contributed by atoms with Crippen molar-refractivity contribution in [1.82, 2.24) is 5.32 Å². The average molecular weight is 274 g/mol. The number of hydrogen-bond donors (Lipinski definition) is 2. The SMILES string of the molecule is CO[C@@H]1C[C@@H](NC(=O)c2ccc3c(c2)CCN3)C1(C)C. The third kappa shape index (κ3) is 2.08. The molecule has 0 unspecified atom stereocenters. The number of carbonyl (C=O) groups is 1. The van der Waals surface area contributed by atoms with Crippen molar-refractivity contribution in [2.75, 3.05) is 19.0 Å². The minimum absolute atomic E-state index is 0.00267. The fourth-order valence-electron chi connectivity index (χ4n) is 3.22. The second-order valence-electron chi connectivity index (χ2n) is 6.36. The summed E-state index contributed by atoms with van der Waals surface area (Å²) >= 11 is 0. The predicted octanol–water partition coefficient (Wildman–Crippen LogP) is 2.20. The molecule has 3 rings (SSSR count). The predicted molar refractivity (Wildman–Crippen MR) is 79.1 cm³/mol. The van der Waals surface area contributed by atoms with Gasteiger partial charge in [0, 0.05) is 36.4 Å². The first-order valence-corrected chi connectivity index (χ1v) is 7.23. The highest BCUT2D eigenvalue weighted by Crippen LogP contribution is 2.42. The maximum Gasteiger partial charge on any atom is 0.251 e. The number of amides is 1. The van der Waals surface area contributed by atoms with Crippen molar-refractivity contribution in [1.29, 1.82) is 0 Å². The highest BCUT2D eigenvalue weighted by Gasteiger charge is 2.49. The van der Waals surface area contributed by atoms with Gasteiger partial charge in [0.1, 0.15) is 0 Å². The molecule has 4 nitrogen and oxygen atoms in total. The maximum absolute atomic E-state index is 12.4. The van der Waals surface area contributed by atoms with Crippen LogP contribution in [0.5, 0.6) is 0 Å². The molecule has 4 heteroatoms. The Morgan fingerprint density at radius 3 is 2.95 bits per heavy atom. The zero-order valence-electron chi connectivity index (χ0n) is 12.3. The first kappa shape index (κ1) is 13.4. The van der Waals surface area contributed by atoms with Crippen LogP contribution in [-0.2, 0) is 11.2 Å². The fraction of sp³-hybridized carbons (Fsp3) is 0.562. The smallest absolute Gasteiger partial charge is 0.251 e. The van der Waals surface area contributed by atoms with Crippen molar-refractivity contribution in [2.45, 2.75) is 38.8 Å². The molecule has 1 fully saturated rings. The van der Waals surface area contributed by atoms with Gasteiger partial charge in [0.2, 0.25) is 0 Å². The van der Waals surface area contributed by atoms with E-state index in [1.165, 1.54) is 5.56 Å². The number of anilines is 1. The first-order chi connectivity index (χ1) is 9.52. The second-order valence-corrected chi connectivity index (χ2v) is 6.36. The van der Waals surface area contributed by atoms with Crippen LogP contribution < -0.4 is 10.6 Å². The second kappa shape index (κ2) is 4.77. The summed E-state index contributed by atoms with van der Waals surface area (Å²) in [5, 5.41) is 6.45. The Labute approximate surface area is 119 Å².